The Balaban J connectivity index is 1.55. The fourth-order valence-corrected chi connectivity index (χ4v) is 4.00. The Morgan fingerprint density at radius 1 is 1.03 bits per heavy atom. The summed E-state index contributed by atoms with van der Waals surface area (Å²) in [6.45, 7) is 1.66. The molecule has 0 saturated heterocycles. The van der Waals surface area contributed by atoms with Crippen molar-refractivity contribution in [1.29, 1.82) is 0 Å². The molecular formula is C28H30N2O4. The second kappa shape index (κ2) is 11.4. The SMILES string of the molecule is COc1cccc(CNC(=O)c2ccc3c(c2)Cc2cccc(c2)C(=O)NCCCCCO3)c1. The second-order valence-corrected chi connectivity index (χ2v) is 8.40. The van der Waals surface area contributed by atoms with Gasteiger partial charge in [0.1, 0.15) is 11.5 Å². The number of carbonyl (C=O) groups is 2. The number of nitrogens with one attached hydrogen (secondary N) is 2. The van der Waals surface area contributed by atoms with Gasteiger partial charge in [-0.3, -0.25) is 9.59 Å². The molecule has 0 radical (unpaired) electrons. The van der Waals surface area contributed by atoms with Crippen LogP contribution in [0, 0.1) is 0 Å². The van der Waals surface area contributed by atoms with Gasteiger partial charge in [-0.2, -0.15) is 0 Å². The summed E-state index contributed by atoms with van der Waals surface area (Å²) in [5.41, 5.74) is 4.08. The molecule has 6 nitrogen and oxygen atoms in total. The second-order valence-electron chi connectivity index (χ2n) is 8.40. The molecule has 1 aliphatic rings. The van der Waals surface area contributed by atoms with Crippen LogP contribution in [-0.2, 0) is 13.0 Å². The van der Waals surface area contributed by atoms with E-state index in [1.165, 1.54) is 0 Å². The third-order valence-electron chi connectivity index (χ3n) is 5.86. The predicted molar refractivity (Wildman–Crippen MR) is 132 cm³/mol. The highest BCUT2D eigenvalue weighted by Crippen LogP contribution is 2.25. The Hall–Kier alpha value is -3.80. The van der Waals surface area contributed by atoms with E-state index in [9.17, 15) is 9.59 Å². The van der Waals surface area contributed by atoms with E-state index in [2.05, 4.69) is 10.6 Å². The Labute approximate surface area is 200 Å². The van der Waals surface area contributed by atoms with Gasteiger partial charge in [-0.1, -0.05) is 24.3 Å². The minimum absolute atomic E-state index is 0.0546. The standard InChI is InChI=1S/C28H30N2O4/c1-33-25-10-6-8-21(17-25)19-30-28(32)23-11-12-26-24(18-23)16-20-7-5-9-22(15-20)27(31)29-13-3-2-4-14-34-26/h5-12,15,17-18H,2-4,13-14,16,19H2,1H3,(H,29,31)(H,30,32). The van der Waals surface area contributed by atoms with Crippen LogP contribution in [0.25, 0.3) is 0 Å². The van der Waals surface area contributed by atoms with Crippen molar-refractivity contribution in [2.45, 2.75) is 32.2 Å². The zero-order chi connectivity index (χ0) is 23.8. The first-order valence-corrected chi connectivity index (χ1v) is 11.7. The van der Waals surface area contributed by atoms with E-state index >= 15 is 0 Å². The molecule has 0 aliphatic carbocycles. The zero-order valence-electron chi connectivity index (χ0n) is 19.4. The number of carbonyl (C=O) groups excluding carboxylic acids is 2. The van der Waals surface area contributed by atoms with Crippen molar-refractivity contribution < 1.29 is 19.1 Å². The molecule has 3 aromatic rings. The minimum atomic E-state index is -0.154. The molecule has 0 unspecified atom stereocenters. The summed E-state index contributed by atoms with van der Waals surface area (Å²) in [5.74, 6) is 1.32. The molecule has 2 bridgehead atoms. The van der Waals surface area contributed by atoms with Crippen LogP contribution in [0.4, 0.5) is 0 Å². The van der Waals surface area contributed by atoms with E-state index in [0.717, 1.165) is 47.5 Å². The lowest BCUT2D eigenvalue weighted by Crippen LogP contribution is -2.24. The summed E-state index contributed by atoms with van der Waals surface area (Å²) in [6, 6.07) is 20.8. The Kier molecular flexibility index (Phi) is 7.81. The Morgan fingerprint density at radius 3 is 2.79 bits per heavy atom. The smallest absolute Gasteiger partial charge is 0.251 e. The van der Waals surface area contributed by atoms with Gasteiger partial charge in [0.15, 0.2) is 0 Å². The maximum atomic E-state index is 12.9. The molecule has 0 fully saturated rings. The lowest BCUT2D eigenvalue weighted by atomic mass is 9.99. The van der Waals surface area contributed by atoms with Crippen molar-refractivity contribution in [1.82, 2.24) is 10.6 Å². The molecular weight excluding hydrogens is 428 g/mol. The maximum Gasteiger partial charge on any atom is 0.251 e. The van der Waals surface area contributed by atoms with Gasteiger partial charge in [0.25, 0.3) is 11.8 Å². The van der Waals surface area contributed by atoms with Crippen molar-refractivity contribution in [3.05, 3.63) is 94.5 Å². The molecule has 1 heterocycles. The van der Waals surface area contributed by atoms with Crippen LogP contribution in [-0.4, -0.2) is 32.1 Å². The molecule has 3 aromatic carbocycles. The minimum Gasteiger partial charge on any atom is -0.497 e. The number of amides is 2. The molecule has 34 heavy (non-hydrogen) atoms. The molecule has 1 aliphatic heterocycles. The van der Waals surface area contributed by atoms with Crippen LogP contribution >= 0.6 is 0 Å². The molecule has 0 atom stereocenters. The van der Waals surface area contributed by atoms with Crippen LogP contribution < -0.4 is 20.1 Å². The molecule has 0 saturated carbocycles. The number of benzene rings is 3. The first kappa shape index (κ1) is 23.4. The van der Waals surface area contributed by atoms with E-state index in [-0.39, 0.29) is 11.8 Å². The van der Waals surface area contributed by atoms with E-state index < -0.39 is 0 Å². The van der Waals surface area contributed by atoms with Crippen molar-refractivity contribution in [2.75, 3.05) is 20.3 Å². The van der Waals surface area contributed by atoms with Crippen molar-refractivity contribution in [3.8, 4) is 11.5 Å². The molecule has 176 valence electrons. The average molecular weight is 459 g/mol. The fraction of sp³-hybridized carbons (Fsp3) is 0.286. The number of ether oxygens (including phenoxy) is 2. The van der Waals surface area contributed by atoms with Crippen molar-refractivity contribution in [3.63, 3.8) is 0 Å². The van der Waals surface area contributed by atoms with Gasteiger partial charge >= 0.3 is 0 Å². The summed E-state index contributed by atoms with van der Waals surface area (Å²) in [5, 5.41) is 5.96. The highest BCUT2D eigenvalue weighted by atomic mass is 16.5. The maximum absolute atomic E-state index is 12.9. The highest BCUT2D eigenvalue weighted by Gasteiger charge is 2.14. The molecule has 0 spiro atoms. The normalized spacial score (nSPS) is 14.1. The highest BCUT2D eigenvalue weighted by molar-refractivity contribution is 5.95. The fourth-order valence-electron chi connectivity index (χ4n) is 4.00. The van der Waals surface area contributed by atoms with E-state index in [4.69, 9.17) is 9.47 Å². The summed E-state index contributed by atoms with van der Waals surface area (Å²) in [6.07, 6.45) is 3.35. The van der Waals surface area contributed by atoms with E-state index in [0.29, 0.717) is 37.2 Å². The van der Waals surface area contributed by atoms with E-state index in [1.807, 2.05) is 60.7 Å². The number of rotatable bonds is 4. The van der Waals surface area contributed by atoms with Gasteiger partial charge < -0.3 is 20.1 Å². The third kappa shape index (κ3) is 6.16. The Bertz CT molecular complexity index is 1160. The van der Waals surface area contributed by atoms with Gasteiger partial charge in [-0.15, -0.1) is 0 Å². The van der Waals surface area contributed by atoms with Crippen LogP contribution in [0.2, 0.25) is 0 Å². The third-order valence-corrected chi connectivity index (χ3v) is 5.86. The van der Waals surface area contributed by atoms with Gasteiger partial charge in [-0.05, 0) is 78.4 Å². The first-order chi connectivity index (χ1) is 16.6. The van der Waals surface area contributed by atoms with Gasteiger partial charge in [-0.25, -0.2) is 0 Å². The molecule has 2 N–H and O–H groups in total. The number of methoxy groups -OCH3 is 1. The molecule has 2 amide bonds. The summed E-state index contributed by atoms with van der Waals surface area (Å²) in [4.78, 5) is 25.4. The van der Waals surface area contributed by atoms with Crippen molar-refractivity contribution >= 4 is 11.8 Å². The van der Waals surface area contributed by atoms with E-state index in [1.54, 1.807) is 13.2 Å². The topological polar surface area (TPSA) is 76.7 Å². The van der Waals surface area contributed by atoms with Crippen molar-refractivity contribution in [2.24, 2.45) is 0 Å². The number of hydrogen-bond acceptors (Lipinski definition) is 4. The predicted octanol–water partition coefficient (Wildman–Crippen LogP) is 4.51. The lowest BCUT2D eigenvalue weighted by Gasteiger charge is -2.15. The Morgan fingerprint density at radius 2 is 1.91 bits per heavy atom. The molecule has 6 heteroatoms. The number of fused-ring (bicyclic) bond motifs is 3. The lowest BCUT2D eigenvalue weighted by molar-refractivity contribution is 0.0944. The zero-order valence-corrected chi connectivity index (χ0v) is 19.4. The van der Waals surface area contributed by atoms with Crippen LogP contribution in [0.5, 0.6) is 11.5 Å². The largest absolute Gasteiger partial charge is 0.497 e. The average Bonchev–Trinajstić information content (AvgIpc) is 2.87. The molecule has 0 aromatic heterocycles. The number of hydrogen-bond donors (Lipinski definition) is 2. The van der Waals surface area contributed by atoms with Crippen LogP contribution in [0.15, 0.2) is 66.7 Å². The van der Waals surface area contributed by atoms with Crippen LogP contribution in [0.3, 0.4) is 0 Å². The monoisotopic (exact) mass is 458 g/mol. The van der Waals surface area contributed by atoms with Gasteiger partial charge in [0.05, 0.1) is 13.7 Å². The molecule has 4 rings (SSSR count). The quantitative estimate of drug-likeness (QED) is 0.603. The van der Waals surface area contributed by atoms with Gasteiger partial charge in [0, 0.05) is 30.6 Å². The first-order valence-electron chi connectivity index (χ1n) is 11.7. The summed E-state index contributed by atoms with van der Waals surface area (Å²) < 4.78 is 11.3. The van der Waals surface area contributed by atoms with Gasteiger partial charge in [0.2, 0.25) is 0 Å². The van der Waals surface area contributed by atoms with Crippen LogP contribution in [0.1, 0.15) is 56.7 Å². The summed E-state index contributed by atoms with van der Waals surface area (Å²) >= 11 is 0. The summed E-state index contributed by atoms with van der Waals surface area (Å²) in [7, 11) is 1.62.